The standard InChI is InChI=1S/C19H27ClN2O/c1-13(16-3-2-10-21-12-16)11-18(23)22-19(14-4-5-14)15-6-8-17(20)9-7-15/h6-9,13-14,16,19,21H,2-5,10-12H2,1H3,(H,22,23). The predicted octanol–water partition coefficient (Wildman–Crippen LogP) is 3.93. The summed E-state index contributed by atoms with van der Waals surface area (Å²) in [5, 5.41) is 7.47. The molecule has 2 aliphatic rings. The molecule has 0 aromatic heterocycles. The average Bonchev–Trinajstić information content (AvgIpc) is 3.39. The van der Waals surface area contributed by atoms with Crippen molar-refractivity contribution >= 4 is 17.5 Å². The highest BCUT2D eigenvalue weighted by molar-refractivity contribution is 6.30. The number of rotatable bonds is 6. The Morgan fingerprint density at radius 1 is 1.26 bits per heavy atom. The highest BCUT2D eigenvalue weighted by Gasteiger charge is 2.34. The minimum absolute atomic E-state index is 0.149. The largest absolute Gasteiger partial charge is 0.349 e. The lowest BCUT2D eigenvalue weighted by molar-refractivity contribution is -0.123. The van der Waals surface area contributed by atoms with E-state index in [0.717, 1.165) is 18.1 Å². The van der Waals surface area contributed by atoms with Crippen molar-refractivity contribution in [2.45, 2.75) is 45.1 Å². The van der Waals surface area contributed by atoms with Crippen molar-refractivity contribution in [1.82, 2.24) is 10.6 Å². The van der Waals surface area contributed by atoms with Gasteiger partial charge in [0.05, 0.1) is 6.04 Å². The number of carbonyl (C=O) groups excluding carboxylic acids is 1. The fourth-order valence-electron chi connectivity index (χ4n) is 3.63. The molecule has 3 atom stereocenters. The maximum atomic E-state index is 12.5. The molecule has 0 bridgehead atoms. The topological polar surface area (TPSA) is 41.1 Å². The maximum Gasteiger partial charge on any atom is 0.220 e. The summed E-state index contributed by atoms with van der Waals surface area (Å²) >= 11 is 5.98. The van der Waals surface area contributed by atoms with Gasteiger partial charge in [-0.15, -0.1) is 0 Å². The van der Waals surface area contributed by atoms with Crippen molar-refractivity contribution < 1.29 is 4.79 Å². The van der Waals surface area contributed by atoms with Gasteiger partial charge in [-0.2, -0.15) is 0 Å². The van der Waals surface area contributed by atoms with E-state index < -0.39 is 0 Å². The molecule has 1 heterocycles. The van der Waals surface area contributed by atoms with Crippen LogP contribution in [0.1, 0.15) is 50.6 Å². The minimum atomic E-state index is 0.149. The Morgan fingerprint density at radius 3 is 2.61 bits per heavy atom. The predicted molar refractivity (Wildman–Crippen MR) is 94.4 cm³/mol. The van der Waals surface area contributed by atoms with Crippen LogP contribution in [0.2, 0.25) is 5.02 Å². The van der Waals surface area contributed by atoms with Gasteiger partial charge in [0.2, 0.25) is 5.91 Å². The van der Waals surface area contributed by atoms with Gasteiger partial charge in [-0.3, -0.25) is 4.79 Å². The van der Waals surface area contributed by atoms with E-state index >= 15 is 0 Å². The molecule has 1 saturated carbocycles. The van der Waals surface area contributed by atoms with Crippen LogP contribution in [0.5, 0.6) is 0 Å². The Morgan fingerprint density at radius 2 is 2.00 bits per heavy atom. The summed E-state index contributed by atoms with van der Waals surface area (Å²) in [4.78, 5) is 12.5. The quantitative estimate of drug-likeness (QED) is 0.827. The molecule has 1 saturated heterocycles. The van der Waals surface area contributed by atoms with Crippen LogP contribution in [0, 0.1) is 17.8 Å². The van der Waals surface area contributed by atoms with Gasteiger partial charge in [0.25, 0.3) is 0 Å². The number of benzene rings is 1. The van der Waals surface area contributed by atoms with Crippen LogP contribution in [0.4, 0.5) is 0 Å². The number of amides is 1. The number of hydrogen-bond acceptors (Lipinski definition) is 2. The molecule has 1 aromatic carbocycles. The zero-order valence-corrected chi connectivity index (χ0v) is 14.6. The van der Waals surface area contributed by atoms with Crippen molar-refractivity contribution in [3.8, 4) is 0 Å². The van der Waals surface area contributed by atoms with Gasteiger partial charge < -0.3 is 10.6 Å². The highest BCUT2D eigenvalue weighted by Crippen LogP contribution is 2.41. The van der Waals surface area contributed by atoms with Gasteiger partial charge in [0, 0.05) is 11.4 Å². The molecule has 2 fully saturated rings. The number of hydrogen-bond donors (Lipinski definition) is 2. The van der Waals surface area contributed by atoms with Crippen molar-refractivity contribution in [2.24, 2.45) is 17.8 Å². The molecule has 3 unspecified atom stereocenters. The maximum absolute atomic E-state index is 12.5. The first kappa shape index (κ1) is 16.8. The van der Waals surface area contributed by atoms with E-state index in [4.69, 9.17) is 11.6 Å². The van der Waals surface area contributed by atoms with Crippen LogP contribution < -0.4 is 10.6 Å². The van der Waals surface area contributed by atoms with Gasteiger partial charge in [0.1, 0.15) is 0 Å². The van der Waals surface area contributed by atoms with Crippen LogP contribution >= 0.6 is 11.6 Å². The molecular formula is C19H27ClN2O. The SMILES string of the molecule is CC(CC(=O)NC(c1ccc(Cl)cc1)C1CC1)C1CCCNC1. The van der Waals surface area contributed by atoms with E-state index in [1.54, 1.807) is 0 Å². The van der Waals surface area contributed by atoms with Crippen molar-refractivity contribution in [3.63, 3.8) is 0 Å². The van der Waals surface area contributed by atoms with Crippen LogP contribution in [0.25, 0.3) is 0 Å². The fourth-order valence-corrected chi connectivity index (χ4v) is 3.75. The number of carbonyl (C=O) groups is 1. The van der Waals surface area contributed by atoms with Gasteiger partial charge in [-0.25, -0.2) is 0 Å². The van der Waals surface area contributed by atoms with Crippen molar-refractivity contribution in [1.29, 1.82) is 0 Å². The van der Waals surface area contributed by atoms with E-state index in [2.05, 4.69) is 17.6 Å². The molecule has 3 nitrogen and oxygen atoms in total. The Hall–Kier alpha value is -1.06. The molecule has 1 aliphatic carbocycles. The third-order valence-corrected chi connectivity index (χ3v) is 5.54. The van der Waals surface area contributed by atoms with Gasteiger partial charge in [-0.05, 0) is 74.2 Å². The monoisotopic (exact) mass is 334 g/mol. The normalized spacial score (nSPS) is 24.0. The number of nitrogens with one attached hydrogen (secondary N) is 2. The first-order valence-electron chi connectivity index (χ1n) is 8.89. The summed E-state index contributed by atoms with van der Waals surface area (Å²) in [5.74, 6) is 1.85. The van der Waals surface area contributed by atoms with Crippen LogP contribution in [0.15, 0.2) is 24.3 Å². The molecule has 23 heavy (non-hydrogen) atoms. The lowest BCUT2D eigenvalue weighted by Gasteiger charge is -2.28. The lowest BCUT2D eigenvalue weighted by atomic mass is 9.85. The van der Waals surface area contributed by atoms with Crippen LogP contribution in [0.3, 0.4) is 0 Å². The summed E-state index contributed by atoms with van der Waals surface area (Å²) in [7, 11) is 0. The first-order chi connectivity index (χ1) is 11.1. The molecule has 1 amide bonds. The summed E-state index contributed by atoms with van der Waals surface area (Å²) in [6.45, 7) is 4.39. The Bertz CT molecular complexity index is 521. The van der Waals surface area contributed by atoms with E-state index in [9.17, 15) is 4.79 Å². The fraction of sp³-hybridized carbons (Fsp3) is 0.632. The van der Waals surface area contributed by atoms with Crippen molar-refractivity contribution in [3.05, 3.63) is 34.9 Å². The zero-order chi connectivity index (χ0) is 16.2. The second-order valence-corrected chi connectivity index (χ2v) is 7.66. The molecule has 0 radical (unpaired) electrons. The van der Waals surface area contributed by atoms with Crippen LogP contribution in [-0.2, 0) is 4.79 Å². The van der Waals surface area contributed by atoms with E-state index in [0.29, 0.717) is 24.2 Å². The smallest absolute Gasteiger partial charge is 0.220 e. The second-order valence-electron chi connectivity index (χ2n) is 7.22. The van der Waals surface area contributed by atoms with Gasteiger partial charge >= 0.3 is 0 Å². The lowest BCUT2D eigenvalue weighted by Crippen LogP contribution is -2.36. The van der Waals surface area contributed by atoms with Gasteiger partial charge in [0.15, 0.2) is 0 Å². The highest BCUT2D eigenvalue weighted by atomic mass is 35.5. The Kier molecular flexibility index (Phi) is 5.60. The molecule has 4 heteroatoms. The number of halogens is 1. The Labute approximate surface area is 144 Å². The van der Waals surface area contributed by atoms with E-state index in [-0.39, 0.29) is 11.9 Å². The van der Waals surface area contributed by atoms with Gasteiger partial charge in [-0.1, -0.05) is 30.7 Å². The minimum Gasteiger partial charge on any atom is -0.349 e. The Balaban J connectivity index is 1.57. The molecular weight excluding hydrogens is 308 g/mol. The third kappa shape index (κ3) is 4.71. The summed E-state index contributed by atoms with van der Waals surface area (Å²) < 4.78 is 0. The van der Waals surface area contributed by atoms with E-state index in [1.807, 2.05) is 24.3 Å². The molecule has 3 rings (SSSR count). The molecule has 1 aromatic rings. The third-order valence-electron chi connectivity index (χ3n) is 5.29. The van der Waals surface area contributed by atoms with E-state index in [1.165, 1.54) is 31.2 Å². The van der Waals surface area contributed by atoms with Crippen molar-refractivity contribution in [2.75, 3.05) is 13.1 Å². The first-order valence-corrected chi connectivity index (χ1v) is 9.27. The summed E-state index contributed by atoms with van der Waals surface area (Å²) in [5.41, 5.74) is 1.18. The molecule has 1 aliphatic heterocycles. The molecule has 126 valence electrons. The summed E-state index contributed by atoms with van der Waals surface area (Å²) in [6.07, 6.45) is 5.51. The average molecular weight is 335 g/mol. The summed E-state index contributed by atoms with van der Waals surface area (Å²) in [6, 6.07) is 8.06. The number of piperidine rings is 1. The zero-order valence-electron chi connectivity index (χ0n) is 13.9. The molecule has 0 spiro atoms. The second kappa shape index (κ2) is 7.67. The van der Waals surface area contributed by atoms with Crippen LogP contribution in [-0.4, -0.2) is 19.0 Å². The molecule has 2 N–H and O–H groups in total.